The van der Waals surface area contributed by atoms with Crippen LogP contribution in [0.1, 0.15) is 0 Å². The third-order valence-electron chi connectivity index (χ3n) is 2.15. The van der Waals surface area contributed by atoms with Gasteiger partial charge in [0.2, 0.25) is 0 Å². The van der Waals surface area contributed by atoms with Gasteiger partial charge in [-0.25, -0.2) is 0 Å². The molecule has 3 heteroatoms. The Morgan fingerprint density at radius 3 is 2.50 bits per heavy atom. The van der Waals surface area contributed by atoms with Gasteiger partial charge in [0.05, 0.1) is 5.02 Å². The summed E-state index contributed by atoms with van der Waals surface area (Å²) in [5, 5.41) is 1.34. The SMILES string of the molecule is Cn1cccc1-c1ccc(Cl)cc1Cl. The smallest absolute Gasteiger partial charge is 0.0514 e. The number of halogens is 2. The number of hydrogen-bond acceptors (Lipinski definition) is 0. The van der Waals surface area contributed by atoms with Crippen LogP contribution in [-0.4, -0.2) is 4.57 Å². The van der Waals surface area contributed by atoms with Crippen LogP contribution in [0, 0.1) is 0 Å². The molecule has 0 atom stereocenters. The first kappa shape index (κ1) is 9.63. The molecule has 2 rings (SSSR count). The monoisotopic (exact) mass is 225 g/mol. The molecule has 0 aliphatic heterocycles. The van der Waals surface area contributed by atoms with Crippen molar-refractivity contribution in [2.75, 3.05) is 0 Å². The summed E-state index contributed by atoms with van der Waals surface area (Å²) < 4.78 is 2.02. The lowest BCUT2D eigenvalue weighted by molar-refractivity contribution is 0.937. The minimum absolute atomic E-state index is 0.660. The lowest BCUT2D eigenvalue weighted by atomic mass is 10.1. The van der Waals surface area contributed by atoms with E-state index >= 15 is 0 Å². The Hall–Kier alpha value is -0.920. The van der Waals surface area contributed by atoms with E-state index in [9.17, 15) is 0 Å². The van der Waals surface area contributed by atoms with Crippen LogP contribution in [0.2, 0.25) is 10.0 Å². The van der Waals surface area contributed by atoms with E-state index in [1.54, 1.807) is 6.07 Å². The zero-order chi connectivity index (χ0) is 10.1. The largest absolute Gasteiger partial charge is 0.351 e. The molecule has 1 aromatic heterocycles. The number of aryl methyl sites for hydroxylation is 1. The van der Waals surface area contributed by atoms with Gasteiger partial charge in [0, 0.05) is 29.5 Å². The van der Waals surface area contributed by atoms with E-state index in [2.05, 4.69) is 0 Å². The van der Waals surface area contributed by atoms with Crippen LogP contribution in [0.15, 0.2) is 36.5 Å². The maximum atomic E-state index is 6.10. The Morgan fingerprint density at radius 1 is 1.14 bits per heavy atom. The number of rotatable bonds is 1. The molecule has 0 unspecified atom stereocenters. The van der Waals surface area contributed by atoms with Crippen LogP contribution in [0.5, 0.6) is 0 Å². The second kappa shape index (κ2) is 3.68. The van der Waals surface area contributed by atoms with Crippen molar-refractivity contribution in [2.45, 2.75) is 0 Å². The highest BCUT2D eigenvalue weighted by Crippen LogP contribution is 2.29. The van der Waals surface area contributed by atoms with E-state index in [-0.39, 0.29) is 0 Å². The second-order valence-electron chi connectivity index (χ2n) is 3.13. The van der Waals surface area contributed by atoms with E-state index in [0.717, 1.165) is 11.3 Å². The number of hydrogen-bond donors (Lipinski definition) is 0. The van der Waals surface area contributed by atoms with Gasteiger partial charge in [-0.2, -0.15) is 0 Å². The first-order valence-corrected chi connectivity index (χ1v) is 5.01. The maximum Gasteiger partial charge on any atom is 0.0514 e. The molecule has 0 aliphatic rings. The van der Waals surface area contributed by atoms with Gasteiger partial charge >= 0.3 is 0 Å². The second-order valence-corrected chi connectivity index (χ2v) is 3.97. The Kier molecular flexibility index (Phi) is 2.53. The molecule has 1 nitrogen and oxygen atoms in total. The predicted octanol–water partition coefficient (Wildman–Crippen LogP) is 4.00. The van der Waals surface area contributed by atoms with E-state index in [1.165, 1.54) is 0 Å². The van der Waals surface area contributed by atoms with Gasteiger partial charge in [0.15, 0.2) is 0 Å². The fraction of sp³-hybridized carbons (Fsp3) is 0.0909. The third-order valence-corrected chi connectivity index (χ3v) is 2.70. The fourth-order valence-electron chi connectivity index (χ4n) is 1.44. The highest BCUT2D eigenvalue weighted by atomic mass is 35.5. The zero-order valence-corrected chi connectivity index (χ0v) is 9.18. The summed E-state index contributed by atoms with van der Waals surface area (Å²) in [5.41, 5.74) is 2.09. The first-order chi connectivity index (χ1) is 6.68. The van der Waals surface area contributed by atoms with Crippen LogP contribution < -0.4 is 0 Å². The summed E-state index contributed by atoms with van der Waals surface area (Å²) in [5.74, 6) is 0. The van der Waals surface area contributed by atoms with Gasteiger partial charge in [0.25, 0.3) is 0 Å². The van der Waals surface area contributed by atoms with Crippen molar-refractivity contribution in [3.05, 3.63) is 46.6 Å². The van der Waals surface area contributed by atoms with Gasteiger partial charge < -0.3 is 4.57 Å². The summed E-state index contributed by atoms with van der Waals surface area (Å²) in [7, 11) is 1.99. The first-order valence-electron chi connectivity index (χ1n) is 4.25. The predicted molar refractivity (Wildman–Crippen MR) is 60.9 cm³/mol. The molecular weight excluding hydrogens is 217 g/mol. The van der Waals surface area contributed by atoms with Crippen LogP contribution in [-0.2, 0) is 7.05 Å². The molecule has 0 saturated heterocycles. The van der Waals surface area contributed by atoms with E-state index in [1.807, 2.05) is 42.1 Å². The van der Waals surface area contributed by atoms with E-state index in [0.29, 0.717) is 10.0 Å². The number of nitrogens with zero attached hydrogens (tertiary/aromatic N) is 1. The maximum absolute atomic E-state index is 6.10. The topological polar surface area (TPSA) is 4.93 Å². The molecule has 0 spiro atoms. The Bertz CT molecular complexity index is 460. The number of aromatic nitrogens is 1. The minimum Gasteiger partial charge on any atom is -0.351 e. The molecule has 14 heavy (non-hydrogen) atoms. The van der Waals surface area contributed by atoms with Gasteiger partial charge in [-0.1, -0.05) is 23.2 Å². The normalized spacial score (nSPS) is 10.5. The van der Waals surface area contributed by atoms with E-state index < -0.39 is 0 Å². The molecule has 1 heterocycles. The molecule has 0 amide bonds. The lowest BCUT2D eigenvalue weighted by Gasteiger charge is -2.05. The molecule has 0 bridgehead atoms. The standard InChI is InChI=1S/C11H9Cl2N/c1-14-6-2-3-11(14)9-5-4-8(12)7-10(9)13/h2-7H,1H3. The van der Waals surface area contributed by atoms with Crippen LogP contribution in [0.3, 0.4) is 0 Å². The average molecular weight is 226 g/mol. The molecule has 0 N–H and O–H groups in total. The van der Waals surface area contributed by atoms with Gasteiger partial charge in [0.1, 0.15) is 0 Å². The Labute approximate surface area is 92.9 Å². The molecule has 0 saturated carbocycles. The minimum atomic E-state index is 0.660. The van der Waals surface area contributed by atoms with Crippen LogP contribution in [0.4, 0.5) is 0 Å². The number of benzene rings is 1. The molecule has 1 aromatic carbocycles. The lowest BCUT2D eigenvalue weighted by Crippen LogP contribution is -1.89. The quantitative estimate of drug-likeness (QED) is 0.692. The highest BCUT2D eigenvalue weighted by molar-refractivity contribution is 6.36. The summed E-state index contributed by atoms with van der Waals surface area (Å²) in [6, 6.07) is 9.54. The van der Waals surface area contributed by atoms with Crippen molar-refractivity contribution in [1.82, 2.24) is 4.57 Å². The zero-order valence-electron chi connectivity index (χ0n) is 7.67. The van der Waals surface area contributed by atoms with Crippen LogP contribution >= 0.6 is 23.2 Å². The van der Waals surface area contributed by atoms with Crippen molar-refractivity contribution in [3.63, 3.8) is 0 Å². The summed E-state index contributed by atoms with van der Waals surface area (Å²) >= 11 is 11.9. The van der Waals surface area contributed by atoms with Crippen molar-refractivity contribution in [3.8, 4) is 11.3 Å². The van der Waals surface area contributed by atoms with Gasteiger partial charge in [-0.05, 0) is 30.3 Å². The fourth-order valence-corrected chi connectivity index (χ4v) is 1.94. The summed E-state index contributed by atoms with van der Waals surface area (Å²) in [6.07, 6.45) is 1.99. The van der Waals surface area contributed by atoms with Crippen molar-refractivity contribution >= 4 is 23.2 Å². The Balaban J connectivity index is 2.58. The Morgan fingerprint density at radius 2 is 1.93 bits per heavy atom. The molecular formula is C11H9Cl2N. The van der Waals surface area contributed by atoms with Crippen molar-refractivity contribution < 1.29 is 0 Å². The van der Waals surface area contributed by atoms with Gasteiger partial charge in [-0.3, -0.25) is 0 Å². The molecule has 0 radical (unpaired) electrons. The highest BCUT2D eigenvalue weighted by Gasteiger charge is 2.06. The molecule has 72 valence electrons. The molecule has 0 aliphatic carbocycles. The summed E-state index contributed by atoms with van der Waals surface area (Å²) in [6.45, 7) is 0. The molecule has 2 aromatic rings. The summed E-state index contributed by atoms with van der Waals surface area (Å²) in [4.78, 5) is 0. The molecule has 0 fully saturated rings. The van der Waals surface area contributed by atoms with Gasteiger partial charge in [-0.15, -0.1) is 0 Å². The van der Waals surface area contributed by atoms with Crippen LogP contribution in [0.25, 0.3) is 11.3 Å². The van der Waals surface area contributed by atoms with Crippen molar-refractivity contribution in [2.24, 2.45) is 7.05 Å². The van der Waals surface area contributed by atoms with Crippen molar-refractivity contribution in [1.29, 1.82) is 0 Å². The average Bonchev–Trinajstić information content (AvgIpc) is 2.52. The third kappa shape index (κ3) is 1.66. The van der Waals surface area contributed by atoms with E-state index in [4.69, 9.17) is 23.2 Å².